The highest BCUT2D eigenvalue weighted by atomic mass is 35.5. The first kappa shape index (κ1) is 11.3. The van der Waals surface area contributed by atoms with Gasteiger partial charge in [0.2, 0.25) is 0 Å². The number of halogens is 1. The molecule has 2 rings (SSSR count). The van der Waals surface area contributed by atoms with Crippen LogP contribution in [-0.4, -0.2) is 18.2 Å². The molecule has 0 spiro atoms. The van der Waals surface area contributed by atoms with Crippen molar-refractivity contribution in [1.29, 1.82) is 0 Å². The zero-order chi connectivity index (χ0) is 11.8. The van der Waals surface area contributed by atoms with Crippen LogP contribution in [-0.2, 0) is 10.2 Å². The first-order chi connectivity index (χ1) is 7.60. The van der Waals surface area contributed by atoms with Crippen molar-refractivity contribution < 1.29 is 14.6 Å². The molecular formula is C12H13ClO3. The van der Waals surface area contributed by atoms with Gasteiger partial charge in [-0.1, -0.05) is 24.1 Å². The van der Waals surface area contributed by atoms with Crippen molar-refractivity contribution in [2.45, 2.75) is 24.7 Å². The summed E-state index contributed by atoms with van der Waals surface area (Å²) in [6.45, 7) is 0. The van der Waals surface area contributed by atoms with E-state index in [9.17, 15) is 9.90 Å². The van der Waals surface area contributed by atoms with E-state index in [1.54, 1.807) is 18.2 Å². The van der Waals surface area contributed by atoms with Gasteiger partial charge in [-0.2, -0.15) is 0 Å². The molecule has 0 aromatic heterocycles. The number of carboxylic acid groups (broad SMARTS) is 1. The van der Waals surface area contributed by atoms with E-state index in [1.807, 2.05) is 0 Å². The Morgan fingerprint density at radius 1 is 1.50 bits per heavy atom. The lowest BCUT2D eigenvalue weighted by atomic mass is 9.64. The summed E-state index contributed by atoms with van der Waals surface area (Å²) in [5.41, 5.74) is 0.0604. The van der Waals surface area contributed by atoms with Gasteiger partial charge in [-0.15, -0.1) is 0 Å². The van der Waals surface area contributed by atoms with E-state index < -0.39 is 11.4 Å². The van der Waals surface area contributed by atoms with Gasteiger partial charge in [-0.25, -0.2) is 0 Å². The Kier molecular flexibility index (Phi) is 2.80. The molecule has 1 saturated carbocycles. The van der Waals surface area contributed by atoms with Crippen LogP contribution in [0, 0.1) is 0 Å². The zero-order valence-corrected chi connectivity index (χ0v) is 9.75. The lowest BCUT2D eigenvalue weighted by Gasteiger charge is -2.38. The van der Waals surface area contributed by atoms with Gasteiger partial charge >= 0.3 is 5.97 Å². The largest absolute Gasteiger partial charge is 0.495 e. The lowest BCUT2D eigenvalue weighted by Crippen LogP contribution is -2.42. The first-order valence-corrected chi connectivity index (χ1v) is 5.55. The summed E-state index contributed by atoms with van der Waals surface area (Å²) in [7, 11) is 1.53. The van der Waals surface area contributed by atoms with E-state index in [1.165, 1.54) is 7.11 Å². The summed E-state index contributed by atoms with van der Waals surface area (Å²) >= 11 is 5.91. The van der Waals surface area contributed by atoms with E-state index in [0.29, 0.717) is 23.6 Å². The number of carboxylic acids is 1. The Hall–Kier alpha value is -1.22. The van der Waals surface area contributed by atoms with Crippen molar-refractivity contribution in [3.63, 3.8) is 0 Å². The zero-order valence-electron chi connectivity index (χ0n) is 9.00. The quantitative estimate of drug-likeness (QED) is 0.884. The average molecular weight is 241 g/mol. The molecule has 0 saturated heterocycles. The normalized spacial score (nSPS) is 17.6. The molecule has 1 aromatic rings. The van der Waals surface area contributed by atoms with Crippen LogP contribution in [0.1, 0.15) is 24.8 Å². The Morgan fingerprint density at radius 3 is 2.62 bits per heavy atom. The topological polar surface area (TPSA) is 46.5 Å². The summed E-state index contributed by atoms with van der Waals surface area (Å²) in [6.07, 6.45) is 2.33. The Labute approximate surface area is 99.0 Å². The van der Waals surface area contributed by atoms with Crippen molar-refractivity contribution in [2.24, 2.45) is 0 Å². The van der Waals surface area contributed by atoms with Crippen LogP contribution in [0.5, 0.6) is 5.75 Å². The fourth-order valence-electron chi connectivity index (χ4n) is 2.11. The number of methoxy groups -OCH3 is 1. The van der Waals surface area contributed by atoms with E-state index in [2.05, 4.69) is 0 Å². The van der Waals surface area contributed by atoms with Crippen molar-refractivity contribution in [1.82, 2.24) is 0 Å². The minimum atomic E-state index is -0.761. The number of rotatable bonds is 3. The predicted molar refractivity (Wildman–Crippen MR) is 61.2 cm³/mol. The van der Waals surface area contributed by atoms with Gasteiger partial charge < -0.3 is 9.84 Å². The molecule has 1 aliphatic rings. The van der Waals surface area contributed by atoms with E-state index in [4.69, 9.17) is 16.3 Å². The van der Waals surface area contributed by atoms with Gasteiger partial charge in [0, 0.05) is 0 Å². The van der Waals surface area contributed by atoms with Crippen molar-refractivity contribution >= 4 is 17.6 Å². The molecule has 0 aliphatic heterocycles. The van der Waals surface area contributed by atoms with Crippen LogP contribution in [0.2, 0.25) is 5.02 Å². The molecule has 4 heteroatoms. The highest BCUT2D eigenvalue weighted by Gasteiger charge is 2.46. The maximum Gasteiger partial charge on any atom is 0.314 e. The number of ether oxygens (including phenoxy) is 1. The number of hydrogen-bond acceptors (Lipinski definition) is 2. The summed E-state index contributed by atoms with van der Waals surface area (Å²) in [5.74, 6) is -0.227. The Bertz CT molecular complexity index is 424. The fourth-order valence-corrected chi connectivity index (χ4v) is 2.31. The predicted octanol–water partition coefficient (Wildman–Crippen LogP) is 2.85. The van der Waals surface area contributed by atoms with Crippen LogP contribution >= 0.6 is 11.6 Å². The van der Waals surface area contributed by atoms with E-state index in [-0.39, 0.29) is 0 Å². The van der Waals surface area contributed by atoms with Gasteiger partial charge in [-0.05, 0) is 30.5 Å². The summed E-state index contributed by atoms with van der Waals surface area (Å²) in [6, 6.07) is 5.20. The van der Waals surface area contributed by atoms with Gasteiger partial charge in [-0.3, -0.25) is 4.79 Å². The first-order valence-electron chi connectivity index (χ1n) is 5.17. The summed E-state index contributed by atoms with van der Waals surface area (Å²) in [4.78, 5) is 11.3. The Balaban J connectivity index is 2.43. The monoisotopic (exact) mass is 240 g/mol. The SMILES string of the molecule is COc1cc(C2(C(=O)O)CCC2)ccc1Cl. The van der Waals surface area contributed by atoms with Crippen molar-refractivity contribution in [3.05, 3.63) is 28.8 Å². The van der Waals surface area contributed by atoms with Crippen molar-refractivity contribution in [3.8, 4) is 5.75 Å². The molecule has 1 fully saturated rings. The minimum absolute atomic E-state index is 0.506. The molecule has 1 aromatic carbocycles. The third kappa shape index (κ3) is 1.55. The number of benzene rings is 1. The van der Waals surface area contributed by atoms with Crippen LogP contribution < -0.4 is 4.74 Å². The number of hydrogen-bond donors (Lipinski definition) is 1. The van der Waals surface area contributed by atoms with Crippen LogP contribution in [0.4, 0.5) is 0 Å². The minimum Gasteiger partial charge on any atom is -0.495 e. The number of aliphatic carboxylic acids is 1. The molecule has 1 N–H and O–H groups in total. The number of carbonyl (C=O) groups is 1. The highest BCUT2D eigenvalue weighted by molar-refractivity contribution is 6.32. The molecule has 0 bridgehead atoms. The molecular weight excluding hydrogens is 228 g/mol. The van der Waals surface area contributed by atoms with Gasteiger partial charge in [0.15, 0.2) is 0 Å². The van der Waals surface area contributed by atoms with Gasteiger partial charge in [0.05, 0.1) is 17.5 Å². The van der Waals surface area contributed by atoms with Crippen LogP contribution in [0.3, 0.4) is 0 Å². The molecule has 1 aliphatic carbocycles. The molecule has 86 valence electrons. The molecule has 0 atom stereocenters. The van der Waals surface area contributed by atoms with Gasteiger partial charge in [0.1, 0.15) is 5.75 Å². The van der Waals surface area contributed by atoms with E-state index in [0.717, 1.165) is 12.0 Å². The molecule has 3 nitrogen and oxygen atoms in total. The molecule has 0 amide bonds. The average Bonchev–Trinajstić information content (AvgIpc) is 2.18. The molecule has 0 radical (unpaired) electrons. The second-order valence-electron chi connectivity index (χ2n) is 4.09. The maximum absolute atomic E-state index is 11.3. The van der Waals surface area contributed by atoms with E-state index >= 15 is 0 Å². The molecule has 0 unspecified atom stereocenters. The second-order valence-corrected chi connectivity index (χ2v) is 4.50. The molecule has 0 heterocycles. The third-order valence-electron chi connectivity index (χ3n) is 3.32. The Morgan fingerprint density at radius 2 is 2.19 bits per heavy atom. The third-order valence-corrected chi connectivity index (χ3v) is 3.63. The lowest BCUT2D eigenvalue weighted by molar-refractivity contribution is -0.147. The highest BCUT2D eigenvalue weighted by Crippen LogP contribution is 2.45. The second kappa shape index (κ2) is 3.98. The summed E-state index contributed by atoms with van der Waals surface area (Å²) in [5, 5.41) is 9.80. The van der Waals surface area contributed by atoms with Crippen LogP contribution in [0.15, 0.2) is 18.2 Å². The van der Waals surface area contributed by atoms with Gasteiger partial charge in [0.25, 0.3) is 0 Å². The summed E-state index contributed by atoms with van der Waals surface area (Å²) < 4.78 is 5.10. The molecule has 16 heavy (non-hydrogen) atoms. The maximum atomic E-state index is 11.3. The standard InChI is InChI=1S/C12H13ClO3/c1-16-10-7-8(3-4-9(10)13)12(11(14)15)5-2-6-12/h3-4,7H,2,5-6H2,1H3,(H,14,15). The fraction of sp³-hybridized carbons (Fsp3) is 0.417. The van der Waals surface area contributed by atoms with Crippen molar-refractivity contribution in [2.75, 3.05) is 7.11 Å². The smallest absolute Gasteiger partial charge is 0.314 e. The van der Waals surface area contributed by atoms with Crippen LogP contribution in [0.25, 0.3) is 0 Å².